The monoisotopic (exact) mass is 367 g/mol. The van der Waals surface area contributed by atoms with Crippen LogP contribution in [-0.4, -0.2) is 40.0 Å². The van der Waals surface area contributed by atoms with Crippen molar-refractivity contribution >= 4 is 27.5 Å². The number of rotatable bonds is 4. The van der Waals surface area contributed by atoms with Gasteiger partial charge in [-0.1, -0.05) is 6.07 Å². The van der Waals surface area contributed by atoms with Gasteiger partial charge in [-0.25, -0.2) is 4.98 Å². The van der Waals surface area contributed by atoms with Crippen LogP contribution in [0.2, 0.25) is 0 Å². The fourth-order valence-electron chi connectivity index (χ4n) is 3.31. The van der Waals surface area contributed by atoms with Crippen molar-refractivity contribution in [3.8, 4) is 0 Å². The van der Waals surface area contributed by atoms with E-state index in [0.717, 1.165) is 40.2 Å². The van der Waals surface area contributed by atoms with Crippen LogP contribution in [0.15, 0.2) is 42.7 Å². The average Bonchev–Trinajstić information content (AvgIpc) is 3.06. The van der Waals surface area contributed by atoms with Crippen LogP contribution >= 0.6 is 11.3 Å². The Bertz CT molecular complexity index is 910. The minimum absolute atomic E-state index is 0.0623. The maximum atomic E-state index is 12.9. The Labute approximate surface area is 156 Å². The zero-order valence-electron chi connectivity index (χ0n) is 14.7. The molecule has 2 aromatic heterocycles. The van der Waals surface area contributed by atoms with Crippen molar-refractivity contribution in [2.75, 3.05) is 13.1 Å². The van der Waals surface area contributed by atoms with Crippen LogP contribution in [0.1, 0.15) is 33.8 Å². The molecule has 0 N–H and O–H groups in total. The molecule has 1 aromatic carbocycles. The number of likely N-dealkylation sites (tertiary alicyclic amines) is 1. The quantitative estimate of drug-likeness (QED) is 0.703. The fraction of sp³-hybridized carbons (Fsp3) is 0.350. The first-order valence-corrected chi connectivity index (χ1v) is 9.68. The van der Waals surface area contributed by atoms with Crippen molar-refractivity contribution in [3.05, 3.63) is 58.9 Å². The molecule has 1 atom stereocenters. The maximum absolute atomic E-state index is 12.9. The molecule has 0 bridgehead atoms. The molecule has 3 heterocycles. The van der Waals surface area contributed by atoms with Crippen LogP contribution in [0.25, 0.3) is 10.2 Å². The van der Waals surface area contributed by atoms with Gasteiger partial charge in [0.1, 0.15) is 0 Å². The van der Waals surface area contributed by atoms with Crippen LogP contribution in [0, 0.1) is 6.92 Å². The van der Waals surface area contributed by atoms with Gasteiger partial charge in [-0.2, -0.15) is 0 Å². The van der Waals surface area contributed by atoms with Crippen LogP contribution in [0.3, 0.4) is 0 Å². The number of piperidine rings is 1. The molecule has 5 nitrogen and oxygen atoms in total. The number of amides is 1. The minimum atomic E-state index is 0.0623. The Balaban J connectivity index is 1.41. The standard InChI is InChI=1S/C20H21N3O2S/c1-14-22-18-10-16(6-7-19(18)26-14)20(24)23-9-3-5-17(12-23)25-13-15-4-2-8-21-11-15/h2,4,6-8,10-11,17H,3,5,9,12-13H2,1H3. The van der Waals surface area contributed by atoms with Gasteiger partial charge in [-0.05, 0) is 49.6 Å². The summed E-state index contributed by atoms with van der Waals surface area (Å²) < 4.78 is 7.13. The highest BCUT2D eigenvalue weighted by atomic mass is 32.1. The first-order chi connectivity index (χ1) is 12.7. The van der Waals surface area contributed by atoms with Gasteiger partial charge in [0.2, 0.25) is 0 Å². The molecule has 0 saturated carbocycles. The van der Waals surface area contributed by atoms with Gasteiger partial charge in [0, 0.05) is 31.0 Å². The van der Waals surface area contributed by atoms with E-state index in [9.17, 15) is 4.79 Å². The molecule has 0 aliphatic carbocycles. The molecular formula is C20H21N3O2S. The minimum Gasteiger partial charge on any atom is -0.372 e. The molecule has 1 unspecified atom stereocenters. The number of nitrogens with zero attached hydrogens (tertiary/aromatic N) is 3. The van der Waals surface area contributed by atoms with E-state index in [4.69, 9.17) is 4.74 Å². The van der Waals surface area contributed by atoms with Gasteiger partial charge in [0.15, 0.2) is 0 Å². The van der Waals surface area contributed by atoms with Crippen LogP contribution in [-0.2, 0) is 11.3 Å². The molecule has 3 aromatic rings. The molecule has 1 amide bonds. The zero-order chi connectivity index (χ0) is 17.9. The van der Waals surface area contributed by atoms with Crippen molar-refractivity contribution < 1.29 is 9.53 Å². The van der Waals surface area contributed by atoms with Gasteiger partial charge in [0.05, 0.1) is 27.9 Å². The first-order valence-electron chi connectivity index (χ1n) is 8.86. The summed E-state index contributed by atoms with van der Waals surface area (Å²) >= 11 is 1.65. The van der Waals surface area contributed by atoms with Crippen LogP contribution in [0.4, 0.5) is 0 Å². The van der Waals surface area contributed by atoms with Crippen molar-refractivity contribution in [3.63, 3.8) is 0 Å². The third kappa shape index (κ3) is 3.76. The smallest absolute Gasteiger partial charge is 0.254 e. The molecule has 1 fully saturated rings. The van der Waals surface area contributed by atoms with Gasteiger partial charge in [0.25, 0.3) is 5.91 Å². The Morgan fingerprint density at radius 3 is 3.15 bits per heavy atom. The normalized spacial score (nSPS) is 17.6. The summed E-state index contributed by atoms with van der Waals surface area (Å²) in [6.07, 6.45) is 5.58. The van der Waals surface area contributed by atoms with Crippen LogP contribution < -0.4 is 0 Å². The predicted octanol–water partition coefficient (Wildman–Crippen LogP) is 3.82. The average molecular weight is 367 g/mol. The van der Waals surface area contributed by atoms with E-state index in [2.05, 4.69) is 9.97 Å². The van der Waals surface area contributed by atoms with E-state index in [1.54, 1.807) is 17.5 Å². The second-order valence-electron chi connectivity index (χ2n) is 6.60. The Morgan fingerprint density at radius 2 is 2.31 bits per heavy atom. The number of hydrogen-bond acceptors (Lipinski definition) is 5. The maximum Gasteiger partial charge on any atom is 0.254 e. The number of aryl methyl sites for hydroxylation is 1. The van der Waals surface area contributed by atoms with Crippen molar-refractivity contribution in [1.29, 1.82) is 0 Å². The lowest BCUT2D eigenvalue weighted by Gasteiger charge is -2.32. The summed E-state index contributed by atoms with van der Waals surface area (Å²) in [4.78, 5) is 23.4. The second-order valence-corrected chi connectivity index (χ2v) is 7.84. The highest BCUT2D eigenvalue weighted by Crippen LogP contribution is 2.24. The lowest BCUT2D eigenvalue weighted by atomic mass is 10.1. The summed E-state index contributed by atoms with van der Waals surface area (Å²) in [5.74, 6) is 0.0623. The highest BCUT2D eigenvalue weighted by molar-refractivity contribution is 7.18. The number of aromatic nitrogens is 2. The number of thiazole rings is 1. The zero-order valence-corrected chi connectivity index (χ0v) is 15.5. The summed E-state index contributed by atoms with van der Waals surface area (Å²) in [6, 6.07) is 9.72. The van der Waals surface area contributed by atoms with E-state index in [1.165, 1.54) is 0 Å². The molecule has 1 saturated heterocycles. The number of ether oxygens (including phenoxy) is 1. The van der Waals surface area contributed by atoms with Gasteiger partial charge < -0.3 is 9.64 Å². The first kappa shape index (κ1) is 17.1. The fourth-order valence-corrected chi connectivity index (χ4v) is 4.12. The Kier molecular flexibility index (Phi) is 4.95. The predicted molar refractivity (Wildman–Crippen MR) is 102 cm³/mol. The third-order valence-corrected chi connectivity index (χ3v) is 5.57. The molecule has 6 heteroatoms. The molecule has 4 rings (SSSR count). The van der Waals surface area contributed by atoms with E-state index in [-0.39, 0.29) is 12.0 Å². The number of fused-ring (bicyclic) bond motifs is 1. The molecule has 0 spiro atoms. The molecule has 1 aliphatic heterocycles. The van der Waals surface area contributed by atoms with Gasteiger partial charge >= 0.3 is 0 Å². The molecular weight excluding hydrogens is 346 g/mol. The van der Waals surface area contributed by atoms with Crippen molar-refractivity contribution in [1.82, 2.24) is 14.9 Å². The second kappa shape index (κ2) is 7.51. The topological polar surface area (TPSA) is 55.3 Å². The largest absolute Gasteiger partial charge is 0.372 e. The van der Waals surface area contributed by atoms with Gasteiger partial charge in [-0.3, -0.25) is 9.78 Å². The number of pyridine rings is 1. The van der Waals surface area contributed by atoms with E-state index in [1.807, 2.05) is 48.4 Å². The molecule has 0 radical (unpaired) electrons. The summed E-state index contributed by atoms with van der Waals surface area (Å²) in [5.41, 5.74) is 2.66. The summed E-state index contributed by atoms with van der Waals surface area (Å²) in [6.45, 7) is 3.93. The third-order valence-electron chi connectivity index (χ3n) is 4.62. The number of hydrogen-bond donors (Lipinski definition) is 0. The number of carbonyl (C=O) groups is 1. The Morgan fingerprint density at radius 1 is 1.38 bits per heavy atom. The lowest BCUT2D eigenvalue weighted by Crippen LogP contribution is -2.43. The molecule has 1 aliphatic rings. The van der Waals surface area contributed by atoms with E-state index < -0.39 is 0 Å². The van der Waals surface area contributed by atoms with Gasteiger partial charge in [-0.15, -0.1) is 11.3 Å². The van der Waals surface area contributed by atoms with Crippen molar-refractivity contribution in [2.45, 2.75) is 32.5 Å². The number of carbonyl (C=O) groups excluding carboxylic acids is 1. The number of benzene rings is 1. The summed E-state index contributed by atoms with van der Waals surface area (Å²) in [5, 5.41) is 1.02. The highest BCUT2D eigenvalue weighted by Gasteiger charge is 2.25. The molecule has 26 heavy (non-hydrogen) atoms. The molecule has 134 valence electrons. The van der Waals surface area contributed by atoms with E-state index >= 15 is 0 Å². The van der Waals surface area contributed by atoms with E-state index in [0.29, 0.717) is 18.7 Å². The SMILES string of the molecule is Cc1nc2cc(C(=O)N3CCCC(OCc4cccnc4)C3)ccc2s1. The van der Waals surface area contributed by atoms with Crippen molar-refractivity contribution in [2.24, 2.45) is 0 Å². The Hall–Kier alpha value is -2.31. The van der Waals surface area contributed by atoms with Crippen LogP contribution in [0.5, 0.6) is 0 Å². The summed E-state index contributed by atoms with van der Waals surface area (Å²) in [7, 11) is 0. The lowest BCUT2D eigenvalue weighted by molar-refractivity contribution is -0.00680.